The summed E-state index contributed by atoms with van der Waals surface area (Å²) in [5.41, 5.74) is 9.18. The number of pyridine rings is 1. The van der Waals surface area contributed by atoms with E-state index in [1.165, 1.54) is 0 Å². The number of rotatable bonds is 7. The van der Waals surface area contributed by atoms with E-state index in [1.54, 1.807) is 12.3 Å². The van der Waals surface area contributed by atoms with Crippen molar-refractivity contribution in [3.8, 4) is 0 Å². The molecule has 0 aliphatic carbocycles. The fourth-order valence-electron chi connectivity index (χ4n) is 4.24. The first kappa shape index (κ1) is 22.5. The SMILES string of the molecule is CCc1nccn1C[C@H](C)C(=O)N1CCc2nc(N)c(C(=O)NCc3ccccc3)cc2C1. The molecular weight excluding hydrogens is 416 g/mol. The van der Waals surface area contributed by atoms with Gasteiger partial charge in [0, 0.05) is 57.1 Å². The molecule has 33 heavy (non-hydrogen) atoms. The molecule has 0 saturated carbocycles. The number of nitrogens with one attached hydrogen (secondary N) is 1. The van der Waals surface area contributed by atoms with E-state index < -0.39 is 0 Å². The second-order valence-corrected chi connectivity index (χ2v) is 8.46. The van der Waals surface area contributed by atoms with E-state index in [2.05, 4.69) is 22.2 Å². The fraction of sp³-hybridized carbons (Fsp3) is 0.360. The number of imidazole rings is 1. The van der Waals surface area contributed by atoms with Gasteiger partial charge in [-0.05, 0) is 17.2 Å². The Kier molecular flexibility index (Phi) is 6.72. The minimum absolute atomic E-state index is 0.0864. The zero-order valence-corrected chi connectivity index (χ0v) is 19.1. The Morgan fingerprint density at radius 1 is 1.24 bits per heavy atom. The topological polar surface area (TPSA) is 106 Å². The average Bonchev–Trinajstić information content (AvgIpc) is 3.29. The van der Waals surface area contributed by atoms with Crippen LogP contribution in [0.15, 0.2) is 48.8 Å². The maximum Gasteiger partial charge on any atom is 0.255 e. The standard InChI is InChI=1S/C25H30N6O2/c1-3-22-27-10-12-30(22)15-17(2)25(33)31-11-9-21-19(16-31)13-20(23(26)29-21)24(32)28-14-18-7-5-4-6-8-18/h4-8,10,12-13,17H,3,9,11,14-16H2,1-2H3,(H2,26,29)(H,28,32)/t17-/m0/s1. The summed E-state index contributed by atoms with van der Waals surface area (Å²) < 4.78 is 2.04. The molecule has 3 heterocycles. The highest BCUT2D eigenvalue weighted by atomic mass is 16.2. The summed E-state index contributed by atoms with van der Waals surface area (Å²) in [5, 5.41) is 2.90. The lowest BCUT2D eigenvalue weighted by Gasteiger charge is -2.31. The van der Waals surface area contributed by atoms with Gasteiger partial charge < -0.3 is 20.5 Å². The molecule has 1 aliphatic rings. The first-order valence-corrected chi connectivity index (χ1v) is 11.4. The molecule has 8 nitrogen and oxygen atoms in total. The molecule has 2 amide bonds. The summed E-state index contributed by atoms with van der Waals surface area (Å²) in [6.45, 7) is 6.02. The number of aryl methyl sites for hydroxylation is 1. The van der Waals surface area contributed by atoms with E-state index in [4.69, 9.17) is 5.73 Å². The lowest BCUT2D eigenvalue weighted by molar-refractivity contribution is -0.136. The van der Waals surface area contributed by atoms with E-state index in [0.29, 0.717) is 38.2 Å². The maximum atomic E-state index is 13.1. The van der Waals surface area contributed by atoms with Gasteiger partial charge in [0.05, 0.1) is 11.5 Å². The van der Waals surface area contributed by atoms with Gasteiger partial charge in [0.1, 0.15) is 11.6 Å². The van der Waals surface area contributed by atoms with Crippen LogP contribution in [0.3, 0.4) is 0 Å². The zero-order chi connectivity index (χ0) is 23.4. The third-order valence-corrected chi connectivity index (χ3v) is 6.06. The molecule has 2 aromatic heterocycles. The third kappa shape index (κ3) is 5.05. The number of hydrogen-bond donors (Lipinski definition) is 2. The molecule has 172 valence electrons. The molecule has 3 aromatic rings. The lowest BCUT2D eigenvalue weighted by Crippen LogP contribution is -2.40. The minimum atomic E-state index is -0.268. The second-order valence-electron chi connectivity index (χ2n) is 8.46. The van der Waals surface area contributed by atoms with Crippen molar-refractivity contribution in [2.75, 3.05) is 12.3 Å². The number of carbonyl (C=O) groups excluding carboxylic acids is 2. The Balaban J connectivity index is 1.44. The first-order valence-electron chi connectivity index (χ1n) is 11.4. The van der Waals surface area contributed by atoms with Gasteiger partial charge in [-0.25, -0.2) is 9.97 Å². The molecule has 8 heteroatoms. The van der Waals surface area contributed by atoms with E-state index in [0.717, 1.165) is 29.1 Å². The van der Waals surface area contributed by atoms with Gasteiger partial charge in [-0.1, -0.05) is 44.2 Å². The molecule has 0 radical (unpaired) electrons. The maximum absolute atomic E-state index is 13.1. The van der Waals surface area contributed by atoms with Crippen molar-refractivity contribution in [3.05, 3.63) is 77.0 Å². The average molecular weight is 447 g/mol. The van der Waals surface area contributed by atoms with Crippen LogP contribution in [0, 0.1) is 5.92 Å². The number of nitrogen functional groups attached to an aromatic ring is 1. The second kappa shape index (κ2) is 9.85. The Morgan fingerprint density at radius 3 is 2.79 bits per heavy atom. The predicted molar refractivity (Wildman–Crippen MR) is 126 cm³/mol. The van der Waals surface area contributed by atoms with E-state index in [9.17, 15) is 9.59 Å². The lowest BCUT2D eigenvalue weighted by atomic mass is 10.0. The molecule has 0 fully saturated rings. The van der Waals surface area contributed by atoms with E-state index >= 15 is 0 Å². The van der Waals surface area contributed by atoms with Crippen molar-refractivity contribution in [2.45, 2.75) is 46.3 Å². The monoisotopic (exact) mass is 446 g/mol. The normalized spacial score (nSPS) is 13.9. The highest BCUT2D eigenvalue weighted by Crippen LogP contribution is 2.23. The molecule has 1 aliphatic heterocycles. The Hall–Kier alpha value is -3.68. The number of nitrogens with zero attached hydrogens (tertiary/aromatic N) is 4. The summed E-state index contributed by atoms with van der Waals surface area (Å²) in [6, 6.07) is 11.5. The van der Waals surface area contributed by atoms with Crippen LogP contribution in [0.25, 0.3) is 0 Å². The van der Waals surface area contributed by atoms with Crippen LogP contribution >= 0.6 is 0 Å². The number of benzene rings is 1. The summed E-state index contributed by atoms with van der Waals surface area (Å²) in [6.07, 6.45) is 5.14. The Labute approximate surface area is 193 Å². The molecular formula is C25H30N6O2. The Morgan fingerprint density at radius 2 is 2.03 bits per heavy atom. The van der Waals surface area contributed by atoms with Crippen LogP contribution in [0.1, 0.15) is 46.9 Å². The van der Waals surface area contributed by atoms with Crippen molar-refractivity contribution in [1.82, 2.24) is 24.8 Å². The molecule has 0 bridgehead atoms. The van der Waals surface area contributed by atoms with Gasteiger partial charge in [-0.15, -0.1) is 0 Å². The van der Waals surface area contributed by atoms with Gasteiger partial charge >= 0.3 is 0 Å². The number of anilines is 1. The van der Waals surface area contributed by atoms with Gasteiger partial charge in [0.25, 0.3) is 5.91 Å². The molecule has 1 atom stereocenters. The van der Waals surface area contributed by atoms with Gasteiger partial charge in [-0.2, -0.15) is 0 Å². The number of hydrogen-bond acceptors (Lipinski definition) is 5. The van der Waals surface area contributed by atoms with Crippen molar-refractivity contribution in [1.29, 1.82) is 0 Å². The molecule has 4 rings (SSSR count). The molecule has 0 spiro atoms. The Bertz CT molecular complexity index is 1140. The van der Waals surface area contributed by atoms with Gasteiger partial charge in [-0.3, -0.25) is 9.59 Å². The smallest absolute Gasteiger partial charge is 0.255 e. The third-order valence-electron chi connectivity index (χ3n) is 6.06. The summed E-state index contributed by atoms with van der Waals surface area (Å²) in [4.78, 5) is 36.6. The predicted octanol–water partition coefficient (Wildman–Crippen LogP) is 2.57. The van der Waals surface area contributed by atoms with Crippen molar-refractivity contribution in [3.63, 3.8) is 0 Å². The largest absolute Gasteiger partial charge is 0.383 e. The fourth-order valence-corrected chi connectivity index (χ4v) is 4.24. The number of aromatic nitrogens is 3. The zero-order valence-electron chi connectivity index (χ0n) is 19.1. The molecule has 0 saturated heterocycles. The number of fused-ring (bicyclic) bond motifs is 1. The van der Waals surface area contributed by atoms with Crippen LogP contribution in [-0.4, -0.2) is 37.8 Å². The van der Waals surface area contributed by atoms with Crippen LogP contribution in [-0.2, 0) is 37.3 Å². The van der Waals surface area contributed by atoms with E-state index in [1.807, 2.05) is 52.9 Å². The van der Waals surface area contributed by atoms with Gasteiger partial charge in [0.15, 0.2) is 0 Å². The van der Waals surface area contributed by atoms with Gasteiger partial charge in [0.2, 0.25) is 5.91 Å². The quantitative estimate of drug-likeness (QED) is 0.580. The summed E-state index contributed by atoms with van der Waals surface area (Å²) >= 11 is 0. The molecule has 0 unspecified atom stereocenters. The number of amides is 2. The molecule has 3 N–H and O–H groups in total. The minimum Gasteiger partial charge on any atom is -0.383 e. The van der Waals surface area contributed by atoms with Crippen LogP contribution in [0.2, 0.25) is 0 Å². The van der Waals surface area contributed by atoms with Crippen LogP contribution in [0.4, 0.5) is 5.82 Å². The van der Waals surface area contributed by atoms with E-state index in [-0.39, 0.29) is 23.6 Å². The van der Waals surface area contributed by atoms with Crippen LogP contribution < -0.4 is 11.1 Å². The van der Waals surface area contributed by atoms with Crippen molar-refractivity contribution >= 4 is 17.6 Å². The highest BCUT2D eigenvalue weighted by Gasteiger charge is 2.27. The molecule has 1 aromatic carbocycles. The van der Waals surface area contributed by atoms with Crippen molar-refractivity contribution < 1.29 is 9.59 Å². The summed E-state index contributed by atoms with van der Waals surface area (Å²) in [5.74, 6) is 0.838. The first-order chi connectivity index (χ1) is 16.0. The van der Waals surface area contributed by atoms with Crippen LogP contribution in [0.5, 0.6) is 0 Å². The van der Waals surface area contributed by atoms with Crippen molar-refractivity contribution in [2.24, 2.45) is 5.92 Å². The highest BCUT2D eigenvalue weighted by molar-refractivity contribution is 5.98. The summed E-state index contributed by atoms with van der Waals surface area (Å²) in [7, 11) is 0. The number of nitrogens with two attached hydrogens (primary N) is 1. The number of carbonyl (C=O) groups is 2.